The van der Waals surface area contributed by atoms with E-state index in [-0.39, 0.29) is 11.7 Å². The molecule has 3 heterocycles. The zero-order chi connectivity index (χ0) is 16.0. The fourth-order valence-electron chi connectivity index (χ4n) is 2.96. The first kappa shape index (κ1) is 15.0. The number of hydrogen-bond acceptors (Lipinski definition) is 4. The van der Waals surface area contributed by atoms with Crippen molar-refractivity contribution in [3.8, 4) is 11.3 Å². The number of ether oxygens (including phenoxy) is 1. The van der Waals surface area contributed by atoms with Crippen LogP contribution in [0.5, 0.6) is 0 Å². The molecule has 23 heavy (non-hydrogen) atoms. The van der Waals surface area contributed by atoms with E-state index in [4.69, 9.17) is 16.3 Å². The monoisotopic (exact) mass is 351 g/mol. The van der Waals surface area contributed by atoms with Crippen molar-refractivity contribution in [3.05, 3.63) is 34.5 Å². The van der Waals surface area contributed by atoms with E-state index in [9.17, 15) is 9.35 Å². The minimum atomic E-state index is -1.29. The van der Waals surface area contributed by atoms with Crippen LogP contribution in [0.3, 0.4) is 0 Å². The van der Waals surface area contributed by atoms with E-state index >= 15 is 0 Å². The lowest BCUT2D eigenvalue weighted by atomic mass is 10.1. The number of halogens is 1. The first-order valence-corrected chi connectivity index (χ1v) is 8.98. The summed E-state index contributed by atoms with van der Waals surface area (Å²) in [7, 11) is 0. The lowest BCUT2D eigenvalue weighted by Gasteiger charge is -2.27. The third kappa shape index (κ3) is 2.44. The van der Waals surface area contributed by atoms with Crippen LogP contribution in [0.25, 0.3) is 11.3 Å². The number of benzene rings is 1. The van der Waals surface area contributed by atoms with Crippen molar-refractivity contribution in [2.24, 2.45) is 0 Å². The average molecular weight is 352 g/mol. The zero-order valence-electron chi connectivity index (χ0n) is 12.2. The number of nitrogens with zero attached hydrogens (tertiary/aromatic N) is 2. The summed E-state index contributed by atoms with van der Waals surface area (Å²) < 4.78 is 17.8. The first-order valence-electron chi connectivity index (χ1n) is 7.28. The number of nitrogens with one attached hydrogen (secondary N) is 1. The number of hydrogen-bond donors (Lipinski definition) is 1. The van der Waals surface area contributed by atoms with Gasteiger partial charge in [0, 0.05) is 13.1 Å². The second-order valence-electron chi connectivity index (χ2n) is 5.44. The average Bonchev–Trinajstić information content (AvgIpc) is 2.99. The topological polar surface area (TPSA) is 81.3 Å². The number of fused-ring (bicyclic) bond motifs is 3. The maximum Gasteiger partial charge on any atom is 0.275 e. The Kier molecular flexibility index (Phi) is 3.81. The number of aromatic nitrogens is 2. The van der Waals surface area contributed by atoms with Crippen LogP contribution < -0.4 is 0 Å². The maximum atomic E-state index is 12.7. The number of amides is 1. The molecule has 0 saturated carbocycles. The molecule has 1 unspecified atom stereocenters. The van der Waals surface area contributed by atoms with Gasteiger partial charge in [0.15, 0.2) is 10.6 Å². The molecule has 2 aliphatic rings. The van der Waals surface area contributed by atoms with Gasteiger partial charge < -0.3 is 14.2 Å². The van der Waals surface area contributed by atoms with Crippen molar-refractivity contribution in [1.29, 1.82) is 0 Å². The molecule has 1 atom stereocenters. The summed E-state index contributed by atoms with van der Waals surface area (Å²) in [6, 6.07) is 5.37. The highest BCUT2D eigenvalue weighted by molar-refractivity contribution is 7.91. The third-order valence-electron chi connectivity index (χ3n) is 4.11. The summed E-state index contributed by atoms with van der Waals surface area (Å²) in [5.41, 5.74) is 2.54. The molecule has 1 aromatic heterocycles. The molecular weight excluding hydrogens is 338 g/mol. The van der Waals surface area contributed by atoms with E-state index in [1.165, 1.54) is 0 Å². The molecule has 6 nitrogen and oxygen atoms in total. The van der Waals surface area contributed by atoms with Crippen molar-refractivity contribution in [2.75, 3.05) is 26.3 Å². The van der Waals surface area contributed by atoms with E-state index in [1.807, 2.05) is 6.07 Å². The Balaban J connectivity index is 1.76. The van der Waals surface area contributed by atoms with Crippen LogP contribution in [0.1, 0.15) is 16.1 Å². The zero-order valence-corrected chi connectivity index (χ0v) is 13.7. The van der Waals surface area contributed by atoms with E-state index in [0.717, 1.165) is 11.3 Å². The molecule has 1 saturated heterocycles. The molecule has 0 bridgehead atoms. The summed E-state index contributed by atoms with van der Waals surface area (Å²) >= 11 is 4.89. The Bertz CT molecular complexity index is 773. The molecule has 120 valence electrons. The molecule has 0 radical (unpaired) electrons. The second kappa shape index (κ2) is 5.83. The molecule has 4 rings (SSSR count). The normalized spacial score (nSPS) is 20.1. The molecule has 2 aromatic rings. The van der Waals surface area contributed by atoms with E-state index < -0.39 is 11.2 Å². The smallest absolute Gasteiger partial charge is 0.275 e. The maximum absolute atomic E-state index is 12.7. The SMILES string of the molecule is O=C(c1n[nH]c2c1C[S+]([O-])c1c(Cl)cccc1-2)N1CCOCC1. The van der Waals surface area contributed by atoms with Gasteiger partial charge in [-0.05, 0) is 23.3 Å². The highest BCUT2D eigenvalue weighted by atomic mass is 35.5. The quantitative estimate of drug-likeness (QED) is 0.795. The number of carbonyl (C=O) groups is 1. The van der Waals surface area contributed by atoms with Crippen LogP contribution in [0, 0.1) is 0 Å². The Morgan fingerprint density at radius 2 is 2.17 bits per heavy atom. The molecule has 1 fully saturated rings. The van der Waals surface area contributed by atoms with Gasteiger partial charge in [0.25, 0.3) is 5.91 Å². The van der Waals surface area contributed by atoms with Gasteiger partial charge in [-0.25, -0.2) is 0 Å². The fourth-order valence-corrected chi connectivity index (χ4v) is 4.78. The molecular formula is C15H14ClN3O3S. The molecule has 0 spiro atoms. The molecule has 1 aromatic carbocycles. The molecule has 1 N–H and O–H groups in total. The van der Waals surface area contributed by atoms with Crippen LogP contribution in [0.15, 0.2) is 23.1 Å². The van der Waals surface area contributed by atoms with E-state index in [2.05, 4.69) is 10.2 Å². The minimum absolute atomic E-state index is 0.145. The molecule has 1 amide bonds. The van der Waals surface area contributed by atoms with E-state index in [0.29, 0.717) is 47.5 Å². The Hall–Kier alpha value is -1.54. The van der Waals surface area contributed by atoms with Crippen molar-refractivity contribution >= 4 is 28.7 Å². The van der Waals surface area contributed by atoms with Crippen molar-refractivity contribution in [1.82, 2.24) is 15.1 Å². The number of rotatable bonds is 1. The van der Waals surface area contributed by atoms with Gasteiger partial charge in [-0.15, -0.1) is 0 Å². The third-order valence-corrected chi connectivity index (χ3v) is 5.98. The second-order valence-corrected chi connectivity index (χ2v) is 7.23. The van der Waals surface area contributed by atoms with Crippen molar-refractivity contribution < 1.29 is 14.1 Å². The van der Waals surface area contributed by atoms with Crippen molar-refractivity contribution in [3.63, 3.8) is 0 Å². The van der Waals surface area contributed by atoms with Crippen LogP contribution >= 0.6 is 11.6 Å². The van der Waals surface area contributed by atoms with Crippen LogP contribution in [-0.2, 0) is 21.7 Å². The van der Waals surface area contributed by atoms with Gasteiger partial charge in [0.1, 0.15) is 5.75 Å². The summed E-state index contributed by atoms with van der Waals surface area (Å²) in [6.07, 6.45) is 0. The Morgan fingerprint density at radius 3 is 2.96 bits per heavy atom. The van der Waals surface area contributed by atoms with E-state index in [1.54, 1.807) is 17.0 Å². The van der Waals surface area contributed by atoms with Crippen molar-refractivity contribution in [2.45, 2.75) is 10.6 Å². The minimum Gasteiger partial charge on any atom is -0.611 e. The van der Waals surface area contributed by atoms with Gasteiger partial charge in [-0.1, -0.05) is 17.7 Å². The first-order chi connectivity index (χ1) is 11.2. The van der Waals surface area contributed by atoms with Crippen LogP contribution in [0.2, 0.25) is 5.02 Å². The van der Waals surface area contributed by atoms with Crippen LogP contribution in [-0.4, -0.2) is 51.9 Å². The number of aromatic amines is 1. The Labute approximate surface area is 140 Å². The standard InChI is InChI=1S/C15H14ClN3O3S/c16-11-3-1-2-9-12-10(8-23(21)14(9)11)13(18-17-12)15(20)19-4-6-22-7-5-19/h1-3H,4-8H2,(H,17,18). The summed E-state index contributed by atoms with van der Waals surface area (Å²) in [4.78, 5) is 15.0. The van der Waals surface area contributed by atoms with Gasteiger partial charge >= 0.3 is 0 Å². The van der Waals surface area contributed by atoms with Gasteiger partial charge in [0.2, 0.25) is 0 Å². The molecule has 0 aliphatic carbocycles. The molecule has 8 heteroatoms. The number of carbonyl (C=O) groups excluding carboxylic acids is 1. The predicted octanol–water partition coefficient (Wildman–Crippen LogP) is 1.82. The van der Waals surface area contributed by atoms with Gasteiger partial charge in [-0.2, -0.15) is 5.10 Å². The van der Waals surface area contributed by atoms with Gasteiger partial charge in [0.05, 0.1) is 35.1 Å². The number of morpholine rings is 1. The summed E-state index contributed by atoms with van der Waals surface area (Å²) in [5.74, 6) is 0.0989. The largest absolute Gasteiger partial charge is 0.611 e. The van der Waals surface area contributed by atoms with Crippen LogP contribution in [0.4, 0.5) is 0 Å². The highest BCUT2D eigenvalue weighted by Gasteiger charge is 2.35. The fraction of sp³-hybridized carbons (Fsp3) is 0.333. The number of H-pyrrole nitrogens is 1. The Morgan fingerprint density at radius 1 is 1.39 bits per heavy atom. The lowest BCUT2D eigenvalue weighted by molar-refractivity contribution is 0.0298. The summed E-state index contributed by atoms with van der Waals surface area (Å²) in [6.45, 7) is 2.16. The predicted molar refractivity (Wildman–Crippen MR) is 85.9 cm³/mol. The lowest BCUT2D eigenvalue weighted by Crippen LogP contribution is -2.41. The highest BCUT2D eigenvalue weighted by Crippen LogP contribution is 2.41. The van der Waals surface area contributed by atoms with Gasteiger partial charge in [-0.3, -0.25) is 9.89 Å². The molecule has 2 aliphatic heterocycles. The summed E-state index contributed by atoms with van der Waals surface area (Å²) in [5, 5.41) is 7.60.